The average molecular weight is 462 g/mol. The van der Waals surface area contributed by atoms with E-state index in [4.69, 9.17) is 0 Å². The zero-order chi connectivity index (χ0) is 23.4. The van der Waals surface area contributed by atoms with E-state index in [1.54, 1.807) is 30.5 Å². The second kappa shape index (κ2) is 9.76. The van der Waals surface area contributed by atoms with Gasteiger partial charge in [0.2, 0.25) is 5.95 Å². The van der Waals surface area contributed by atoms with E-state index in [-0.39, 0.29) is 11.3 Å². The van der Waals surface area contributed by atoms with Crippen molar-refractivity contribution in [2.24, 2.45) is 0 Å². The molecule has 0 saturated carbocycles. The molecule has 0 aliphatic rings. The third-order valence-corrected chi connectivity index (χ3v) is 5.74. The van der Waals surface area contributed by atoms with Gasteiger partial charge in [-0.15, -0.1) is 0 Å². The van der Waals surface area contributed by atoms with Crippen LogP contribution in [0.2, 0.25) is 0 Å². The normalized spacial score (nSPS) is 11.8. The Bertz CT molecular complexity index is 1350. The first-order valence-electron chi connectivity index (χ1n) is 10.2. The number of carbonyl (C=O) groups is 1. The van der Waals surface area contributed by atoms with Gasteiger partial charge < -0.3 is 19.9 Å². The fraction of sp³-hybridized carbons (Fsp3) is 0.125. The molecule has 4 rings (SSSR count). The lowest BCUT2D eigenvalue weighted by Crippen LogP contribution is -2.12. The highest BCUT2D eigenvalue weighted by atomic mass is 32.2. The van der Waals surface area contributed by atoms with Crippen LogP contribution in [0.5, 0.6) is 0 Å². The number of fused-ring (bicyclic) bond motifs is 1. The Morgan fingerprint density at radius 1 is 1.12 bits per heavy atom. The Morgan fingerprint density at radius 2 is 1.94 bits per heavy atom. The van der Waals surface area contributed by atoms with Crippen molar-refractivity contribution in [3.63, 3.8) is 0 Å². The molecule has 0 aliphatic carbocycles. The van der Waals surface area contributed by atoms with Crippen molar-refractivity contribution in [2.75, 3.05) is 23.0 Å². The van der Waals surface area contributed by atoms with Gasteiger partial charge in [-0.2, -0.15) is 4.98 Å². The lowest BCUT2D eigenvalue weighted by atomic mass is 10.0. The lowest BCUT2D eigenvalue weighted by Gasteiger charge is -2.19. The van der Waals surface area contributed by atoms with E-state index in [1.807, 2.05) is 54.4 Å². The number of nitrogens with zero attached hydrogens (tertiary/aromatic N) is 3. The van der Waals surface area contributed by atoms with Gasteiger partial charge in [0.25, 0.3) is 0 Å². The summed E-state index contributed by atoms with van der Waals surface area (Å²) >= 11 is -2.08. The maximum atomic E-state index is 11.5. The molecule has 8 nitrogen and oxygen atoms in total. The molecule has 0 bridgehead atoms. The molecule has 3 aromatic carbocycles. The molecule has 9 heteroatoms. The highest BCUT2D eigenvalue weighted by Gasteiger charge is 2.12. The van der Waals surface area contributed by atoms with Crippen molar-refractivity contribution in [1.82, 2.24) is 9.97 Å². The molecule has 0 amide bonds. The summed E-state index contributed by atoms with van der Waals surface area (Å²) in [6.45, 7) is 0. The minimum atomic E-state index is -2.08. The number of aryl methyl sites for hydroxylation is 1. The maximum Gasteiger partial charge on any atom is 0.336 e. The van der Waals surface area contributed by atoms with Crippen LogP contribution >= 0.6 is 0 Å². The molecular weight excluding hydrogens is 440 g/mol. The van der Waals surface area contributed by atoms with Crippen LogP contribution in [-0.4, -0.2) is 42.6 Å². The van der Waals surface area contributed by atoms with E-state index < -0.39 is 17.0 Å². The Balaban J connectivity index is 1.56. The van der Waals surface area contributed by atoms with Gasteiger partial charge in [-0.05, 0) is 59.2 Å². The molecule has 0 fully saturated rings. The third-order valence-electron chi connectivity index (χ3n) is 5.21. The highest BCUT2D eigenvalue weighted by molar-refractivity contribution is 7.79. The first-order valence-corrected chi connectivity index (χ1v) is 11.4. The van der Waals surface area contributed by atoms with Crippen LogP contribution in [0, 0.1) is 0 Å². The monoisotopic (exact) mass is 461 g/mol. The quantitative estimate of drug-likeness (QED) is 0.374. The SMILES string of the molecule is CN(c1ccc2c(C(=O)O)cccc2c1)c1ccnc(Nc2cccc(CCS(=O)[O-])c2)n1. The maximum absolute atomic E-state index is 11.5. The van der Waals surface area contributed by atoms with Crippen molar-refractivity contribution >= 4 is 51.0 Å². The third kappa shape index (κ3) is 5.33. The van der Waals surface area contributed by atoms with Crippen molar-refractivity contribution in [3.8, 4) is 0 Å². The molecule has 0 saturated heterocycles. The van der Waals surface area contributed by atoms with Gasteiger partial charge in [0.05, 0.1) is 5.56 Å². The van der Waals surface area contributed by atoms with Crippen LogP contribution in [0.1, 0.15) is 15.9 Å². The number of rotatable bonds is 8. The predicted molar refractivity (Wildman–Crippen MR) is 128 cm³/mol. The van der Waals surface area contributed by atoms with E-state index in [0.717, 1.165) is 22.3 Å². The van der Waals surface area contributed by atoms with Crippen LogP contribution in [-0.2, 0) is 17.5 Å². The van der Waals surface area contributed by atoms with Gasteiger partial charge in [0.15, 0.2) is 0 Å². The number of hydrogen-bond donors (Lipinski definition) is 2. The lowest BCUT2D eigenvalue weighted by molar-refractivity contribution is 0.0699. The fourth-order valence-electron chi connectivity index (χ4n) is 3.53. The average Bonchev–Trinajstić information content (AvgIpc) is 2.82. The molecule has 0 radical (unpaired) electrons. The number of anilines is 4. The van der Waals surface area contributed by atoms with E-state index in [9.17, 15) is 18.7 Å². The summed E-state index contributed by atoms with van der Waals surface area (Å²) in [4.78, 5) is 22.2. The molecule has 0 spiro atoms. The molecule has 1 unspecified atom stereocenters. The van der Waals surface area contributed by atoms with Crippen molar-refractivity contribution in [1.29, 1.82) is 0 Å². The predicted octanol–water partition coefficient (Wildman–Crippen LogP) is 4.26. The molecular formula is C24H21N4O4S-. The summed E-state index contributed by atoms with van der Waals surface area (Å²) < 4.78 is 21.6. The molecule has 33 heavy (non-hydrogen) atoms. The van der Waals surface area contributed by atoms with Crippen LogP contribution in [0.25, 0.3) is 10.8 Å². The first kappa shape index (κ1) is 22.4. The fourth-order valence-corrected chi connectivity index (χ4v) is 3.93. The number of nitrogens with one attached hydrogen (secondary N) is 1. The topological polar surface area (TPSA) is 118 Å². The summed E-state index contributed by atoms with van der Waals surface area (Å²) in [5.41, 5.74) is 2.77. The minimum absolute atomic E-state index is 0.0694. The van der Waals surface area contributed by atoms with E-state index >= 15 is 0 Å². The molecule has 1 atom stereocenters. The van der Waals surface area contributed by atoms with Crippen LogP contribution in [0.3, 0.4) is 0 Å². The van der Waals surface area contributed by atoms with Gasteiger partial charge in [-0.3, -0.25) is 4.21 Å². The van der Waals surface area contributed by atoms with Gasteiger partial charge in [-0.1, -0.05) is 41.4 Å². The first-order chi connectivity index (χ1) is 15.9. The number of aromatic carboxylic acids is 1. The molecule has 168 valence electrons. The number of benzene rings is 3. The van der Waals surface area contributed by atoms with Crippen molar-refractivity contribution in [3.05, 3.63) is 84.1 Å². The molecule has 1 aromatic heterocycles. The van der Waals surface area contributed by atoms with Crippen LogP contribution in [0.4, 0.5) is 23.1 Å². The Hall–Kier alpha value is -3.82. The summed E-state index contributed by atoms with van der Waals surface area (Å²) in [5, 5.41) is 14.1. The van der Waals surface area contributed by atoms with Gasteiger partial charge in [-0.25, -0.2) is 9.78 Å². The highest BCUT2D eigenvalue weighted by Crippen LogP contribution is 2.28. The van der Waals surface area contributed by atoms with Crippen molar-refractivity contribution in [2.45, 2.75) is 6.42 Å². The molecule has 0 aliphatic heterocycles. The molecule has 2 N–H and O–H groups in total. The second-order valence-corrected chi connectivity index (χ2v) is 8.41. The Kier molecular flexibility index (Phi) is 6.62. The summed E-state index contributed by atoms with van der Waals surface area (Å²) in [6, 6.07) is 20.0. The molecule has 4 aromatic rings. The smallest absolute Gasteiger partial charge is 0.336 e. The molecule has 1 heterocycles. The minimum Gasteiger partial charge on any atom is -0.772 e. The van der Waals surface area contributed by atoms with E-state index in [1.165, 1.54) is 0 Å². The van der Waals surface area contributed by atoms with Crippen LogP contribution in [0.15, 0.2) is 72.9 Å². The van der Waals surface area contributed by atoms with E-state index in [0.29, 0.717) is 23.6 Å². The van der Waals surface area contributed by atoms with Crippen molar-refractivity contribution < 1.29 is 18.7 Å². The number of hydrogen-bond acceptors (Lipinski definition) is 7. The van der Waals surface area contributed by atoms with Gasteiger partial charge in [0.1, 0.15) is 5.82 Å². The Labute approximate surface area is 193 Å². The standard InChI is InChI=1S/C24H22N4O4S/c1-28(19-8-9-20-17(15-19)5-3-7-21(20)23(29)30)22-10-12-25-24(27-22)26-18-6-2-4-16(14-18)11-13-33(31)32/h2-10,12,14-15H,11,13H2,1H3,(H,29,30)(H,31,32)(H,25,26,27)/p-1. The number of aromatic nitrogens is 2. The Morgan fingerprint density at radius 3 is 2.73 bits per heavy atom. The zero-order valence-electron chi connectivity index (χ0n) is 17.8. The zero-order valence-corrected chi connectivity index (χ0v) is 18.6. The van der Waals surface area contributed by atoms with Gasteiger partial charge >= 0.3 is 5.97 Å². The number of carboxylic acids is 1. The summed E-state index contributed by atoms with van der Waals surface area (Å²) in [6.07, 6.45) is 2.08. The van der Waals surface area contributed by atoms with Gasteiger partial charge in [0, 0.05) is 30.4 Å². The van der Waals surface area contributed by atoms with Crippen LogP contribution < -0.4 is 10.2 Å². The largest absolute Gasteiger partial charge is 0.772 e. The second-order valence-electron chi connectivity index (χ2n) is 7.40. The number of carboxylic acid groups (broad SMARTS) is 1. The summed E-state index contributed by atoms with van der Waals surface area (Å²) in [7, 11) is 1.87. The summed E-state index contributed by atoms with van der Waals surface area (Å²) in [5.74, 6) is 0.163. The van der Waals surface area contributed by atoms with E-state index in [2.05, 4.69) is 15.3 Å².